The van der Waals surface area contributed by atoms with Gasteiger partial charge in [0.25, 0.3) is 0 Å². The maximum Gasteiger partial charge on any atom is 0.236 e. The zero-order chi connectivity index (χ0) is 23.5. The molecule has 33 heavy (non-hydrogen) atoms. The summed E-state index contributed by atoms with van der Waals surface area (Å²) in [5.74, 6) is 0.824. The van der Waals surface area contributed by atoms with E-state index in [9.17, 15) is 4.79 Å². The monoisotopic (exact) mass is 443 g/mol. The van der Waals surface area contributed by atoms with Gasteiger partial charge >= 0.3 is 0 Å². The Bertz CT molecular complexity index is 1100. The number of fused-ring (bicyclic) bond motifs is 1. The van der Waals surface area contributed by atoms with Crippen molar-refractivity contribution in [1.29, 1.82) is 0 Å². The highest BCUT2D eigenvalue weighted by Crippen LogP contribution is 2.36. The quantitative estimate of drug-likeness (QED) is 0.481. The Balaban J connectivity index is 1.67. The van der Waals surface area contributed by atoms with Crippen LogP contribution in [-0.2, 0) is 17.8 Å². The molecule has 172 valence electrons. The van der Waals surface area contributed by atoms with Gasteiger partial charge in [-0.2, -0.15) is 0 Å². The Morgan fingerprint density at radius 2 is 1.67 bits per heavy atom. The minimum atomic E-state index is -0.263. The maximum atomic E-state index is 13.9. The number of ether oxygens (including phenoxy) is 1. The third kappa shape index (κ3) is 4.87. The molecule has 0 bridgehead atoms. The Morgan fingerprint density at radius 1 is 1.00 bits per heavy atom. The van der Waals surface area contributed by atoms with Gasteiger partial charge in [-0.05, 0) is 59.7 Å². The van der Waals surface area contributed by atoms with Crippen LogP contribution < -0.4 is 14.5 Å². The van der Waals surface area contributed by atoms with E-state index in [1.807, 2.05) is 31.1 Å². The lowest BCUT2D eigenvalue weighted by molar-refractivity contribution is -0.120. The van der Waals surface area contributed by atoms with Crippen LogP contribution in [0.15, 0.2) is 60.7 Å². The molecule has 1 aliphatic carbocycles. The summed E-state index contributed by atoms with van der Waals surface area (Å²) in [6.07, 6.45) is 1.63. The van der Waals surface area contributed by atoms with E-state index >= 15 is 0 Å². The van der Waals surface area contributed by atoms with Crippen molar-refractivity contribution in [3.8, 4) is 5.88 Å². The molecule has 0 radical (unpaired) electrons. The number of hydrogen-bond donors (Lipinski definition) is 0. The number of rotatable bonds is 7. The lowest BCUT2D eigenvalue weighted by Gasteiger charge is -2.27. The van der Waals surface area contributed by atoms with E-state index in [2.05, 4.69) is 72.3 Å². The minimum absolute atomic E-state index is 0.0866. The Morgan fingerprint density at radius 3 is 2.27 bits per heavy atom. The summed E-state index contributed by atoms with van der Waals surface area (Å²) in [4.78, 5) is 22.6. The van der Waals surface area contributed by atoms with Gasteiger partial charge in [-0.3, -0.25) is 4.79 Å². The molecule has 0 aliphatic heterocycles. The van der Waals surface area contributed by atoms with Crippen LogP contribution in [-0.4, -0.2) is 32.1 Å². The molecule has 4 rings (SSSR count). The molecule has 5 heteroatoms. The molecule has 1 amide bonds. The van der Waals surface area contributed by atoms with Crippen molar-refractivity contribution in [1.82, 2.24) is 4.98 Å². The third-order valence-electron chi connectivity index (χ3n) is 6.46. The fourth-order valence-corrected chi connectivity index (χ4v) is 4.39. The second-order valence-electron chi connectivity index (χ2n) is 9.22. The van der Waals surface area contributed by atoms with E-state index in [1.165, 1.54) is 5.56 Å². The smallest absolute Gasteiger partial charge is 0.236 e. The van der Waals surface area contributed by atoms with Crippen molar-refractivity contribution < 1.29 is 9.53 Å². The molecule has 1 aliphatic rings. The summed E-state index contributed by atoms with van der Waals surface area (Å²) < 4.78 is 5.33. The summed E-state index contributed by atoms with van der Waals surface area (Å²) in [6, 6.07) is 20.7. The highest BCUT2D eigenvalue weighted by molar-refractivity contribution is 5.98. The Kier molecular flexibility index (Phi) is 6.68. The summed E-state index contributed by atoms with van der Waals surface area (Å²) in [6.45, 7) is 4.88. The van der Waals surface area contributed by atoms with Crippen LogP contribution in [0.4, 0.5) is 11.4 Å². The maximum absolute atomic E-state index is 13.9. The molecule has 0 fully saturated rings. The van der Waals surface area contributed by atoms with Crippen molar-refractivity contribution in [2.24, 2.45) is 0 Å². The molecule has 2 aromatic carbocycles. The molecule has 0 N–H and O–H groups in total. The summed E-state index contributed by atoms with van der Waals surface area (Å²) >= 11 is 0. The van der Waals surface area contributed by atoms with Crippen molar-refractivity contribution >= 4 is 17.3 Å². The predicted molar refractivity (Wildman–Crippen MR) is 134 cm³/mol. The van der Waals surface area contributed by atoms with Crippen molar-refractivity contribution in [2.45, 2.75) is 45.1 Å². The van der Waals surface area contributed by atoms with E-state index in [0.29, 0.717) is 18.3 Å². The van der Waals surface area contributed by atoms with E-state index in [-0.39, 0.29) is 11.8 Å². The number of carbonyl (C=O) groups is 1. The first kappa shape index (κ1) is 22.8. The van der Waals surface area contributed by atoms with Gasteiger partial charge in [0.05, 0.1) is 25.3 Å². The molecular formula is C28H33N3O2. The first-order valence-corrected chi connectivity index (χ1v) is 11.6. The molecular weight excluding hydrogens is 410 g/mol. The van der Waals surface area contributed by atoms with E-state index in [4.69, 9.17) is 4.74 Å². The summed E-state index contributed by atoms with van der Waals surface area (Å²) in [5, 5.41) is 0. The lowest BCUT2D eigenvalue weighted by Crippen LogP contribution is -2.34. The molecule has 3 aromatic rings. The molecule has 0 saturated heterocycles. The molecule has 0 spiro atoms. The zero-order valence-corrected chi connectivity index (χ0v) is 20.2. The molecule has 0 saturated carbocycles. The van der Waals surface area contributed by atoms with Crippen LogP contribution in [0.5, 0.6) is 5.88 Å². The topological polar surface area (TPSA) is 45.7 Å². The zero-order valence-electron chi connectivity index (χ0n) is 20.2. The molecule has 1 unspecified atom stereocenters. The predicted octanol–water partition coefficient (Wildman–Crippen LogP) is 5.54. The van der Waals surface area contributed by atoms with Gasteiger partial charge in [0.1, 0.15) is 0 Å². The molecule has 1 aromatic heterocycles. The standard InChI is InChI=1S/C28H33N3O2/c1-19(2)21-8-14-24(15-9-21)31(18-20-6-12-23(13-7-20)30(3)4)28(32)25-16-10-22-11-17-26(33-5)29-27(22)25/h6-9,11-15,17,19,25H,10,16,18H2,1-5H3. The number of aryl methyl sites for hydroxylation is 1. The number of pyridine rings is 1. The van der Waals surface area contributed by atoms with E-state index < -0.39 is 0 Å². The van der Waals surface area contributed by atoms with E-state index in [0.717, 1.165) is 41.0 Å². The second-order valence-corrected chi connectivity index (χ2v) is 9.22. The molecule has 5 nitrogen and oxygen atoms in total. The number of aromatic nitrogens is 1. The first-order valence-electron chi connectivity index (χ1n) is 11.6. The number of nitrogens with zero attached hydrogens (tertiary/aromatic N) is 3. The van der Waals surface area contributed by atoms with E-state index in [1.54, 1.807) is 7.11 Å². The van der Waals surface area contributed by atoms with Gasteiger partial charge in [-0.1, -0.05) is 44.2 Å². The number of hydrogen-bond acceptors (Lipinski definition) is 4. The average Bonchev–Trinajstić information content (AvgIpc) is 3.25. The number of amides is 1. The van der Waals surface area contributed by atoms with Crippen molar-refractivity contribution in [3.63, 3.8) is 0 Å². The third-order valence-corrected chi connectivity index (χ3v) is 6.46. The Labute approximate surface area is 197 Å². The highest BCUT2D eigenvalue weighted by atomic mass is 16.5. The van der Waals surface area contributed by atoms with Crippen LogP contribution >= 0.6 is 0 Å². The normalized spacial score (nSPS) is 14.8. The average molecular weight is 444 g/mol. The minimum Gasteiger partial charge on any atom is -0.481 e. The summed E-state index contributed by atoms with van der Waals surface area (Å²) in [5.41, 5.74) is 6.40. The van der Waals surface area contributed by atoms with Gasteiger partial charge in [0.2, 0.25) is 11.8 Å². The van der Waals surface area contributed by atoms with Gasteiger partial charge in [0, 0.05) is 31.5 Å². The highest BCUT2D eigenvalue weighted by Gasteiger charge is 2.34. The second kappa shape index (κ2) is 9.65. The number of benzene rings is 2. The number of anilines is 2. The fourth-order valence-electron chi connectivity index (χ4n) is 4.39. The van der Waals surface area contributed by atoms with Crippen LogP contribution in [0.2, 0.25) is 0 Å². The lowest BCUT2D eigenvalue weighted by atomic mass is 10.0. The van der Waals surface area contributed by atoms with Crippen LogP contribution in [0.25, 0.3) is 0 Å². The fraction of sp³-hybridized carbons (Fsp3) is 0.357. The molecule has 1 atom stereocenters. The SMILES string of the molecule is COc1ccc2c(n1)C(C(=O)N(Cc1ccc(N(C)C)cc1)c1ccc(C(C)C)cc1)CC2. The van der Waals surface area contributed by atoms with Gasteiger partial charge in [0.15, 0.2) is 0 Å². The molecule has 1 heterocycles. The first-order chi connectivity index (χ1) is 15.9. The number of carbonyl (C=O) groups excluding carboxylic acids is 1. The summed E-state index contributed by atoms with van der Waals surface area (Å²) in [7, 11) is 5.67. The Hall–Kier alpha value is -3.34. The van der Waals surface area contributed by atoms with Crippen LogP contribution in [0.1, 0.15) is 54.5 Å². The van der Waals surface area contributed by atoms with Gasteiger partial charge < -0.3 is 14.5 Å². The van der Waals surface area contributed by atoms with Crippen molar-refractivity contribution in [2.75, 3.05) is 31.0 Å². The van der Waals surface area contributed by atoms with Crippen molar-refractivity contribution in [3.05, 3.63) is 83.0 Å². The van der Waals surface area contributed by atoms with Gasteiger partial charge in [-0.15, -0.1) is 0 Å². The van der Waals surface area contributed by atoms with Gasteiger partial charge in [-0.25, -0.2) is 4.98 Å². The van der Waals surface area contributed by atoms with Crippen LogP contribution in [0, 0.1) is 0 Å². The number of methoxy groups -OCH3 is 1. The van der Waals surface area contributed by atoms with Crippen LogP contribution in [0.3, 0.4) is 0 Å². The largest absolute Gasteiger partial charge is 0.481 e.